The number of rotatable bonds is 9. The summed E-state index contributed by atoms with van der Waals surface area (Å²) in [6.45, 7) is 2.44. The van der Waals surface area contributed by atoms with Gasteiger partial charge < -0.3 is 24.4 Å². The van der Waals surface area contributed by atoms with Gasteiger partial charge in [0.2, 0.25) is 0 Å². The van der Waals surface area contributed by atoms with Gasteiger partial charge in [-0.2, -0.15) is 0 Å². The normalized spacial score (nSPS) is 10.5. The molecule has 0 fully saturated rings. The van der Waals surface area contributed by atoms with Crippen LogP contribution in [-0.4, -0.2) is 62.6 Å². The van der Waals surface area contributed by atoms with Crippen molar-refractivity contribution in [3.8, 4) is 5.75 Å². The van der Waals surface area contributed by atoms with Crippen molar-refractivity contribution in [2.75, 3.05) is 39.2 Å². The number of amides is 2. The quantitative estimate of drug-likeness (QED) is 0.448. The summed E-state index contributed by atoms with van der Waals surface area (Å²) in [7, 11) is 3.17. The summed E-state index contributed by atoms with van der Waals surface area (Å²) < 4.78 is 15.5. The molecule has 10 heteroatoms. The number of hydrogen-bond donors (Lipinski definition) is 1. The van der Waals surface area contributed by atoms with Crippen LogP contribution in [0.5, 0.6) is 5.75 Å². The molecule has 2 amide bonds. The van der Waals surface area contributed by atoms with Crippen LogP contribution in [-0.2, 0) is 19.1 Å². The number of carbonyl (C=O) groups excluding carboxylic acids is 4. The van der Waals surface area contributed by atoms with Crippen LogP contribution in [0.2, 0.25) is 0 Å². The van der Waals surface area contributed by atoms with E-state index < -0.39 is 24.5 Å². The van der Waals surface area contributed by atoms with E-state index in [1.54, 1.807) is 40.1 Å². The van der Waals surface area contributed by atoms with Crippen molar-refractivity contribution in [1.82, 2.24) is 4.90 Å². The molecule has 0 bridgehead atoms. The minimum absolute atomic E-state index is 0.0985. The molecule has 0 spiro atoms. The number of hydrogen-bond acceptors (Lipinski definition) is 8. The van der Waals surface area contributed by atoms with Crippen molar-refractivity contribution in [2.24, 2.45) is 0 Å². The highest BCUT2D eigenvalue weighted by atomic mass is 32.1. The van der Waals surface area contributed by atoms with Gasteiger partial charge in [-0.1, -0.05) is 30.3 Å². The zero-order valence-corrected chi connectivity index (χ0v) is 20.7. The van der Waals surface area contributed by atoms with Crippen LogP contribution >= 0.6 is 11.3 Å². The number of nitrogens with zero attached hydrogens (tertiary/aromatic N) is 1. The first-order valence-corrected chi connectivity index (χ1v) is 11.6. The Labute approximate surface area is 206 Å². The molecule has 1 heterocycles. The Morgan fingerprint density at radius 2 is 1.69 bits per heavy atom. The fourth-order valence-electron chi connectivity index (χ4n) is 3.21. The minimum atomic E-state index is -0.732. The maximum atomic E-state index is 12.5. The maximum absolute atomic E-state index is 12.5. The Morgan fingerprint density at radius 3 is 2.37 bits per heavy atom. The summed E-state index contributed by atoms with van der Waals surface area (Å²) >= 11 is 0.959. The van der Waals surface area contributed by atoms with E-state index in [1.807, 2.05) is 30.3 Å². The Morgan fingerprint density at radius 1 is 0.971 bits per heavy atom. The Bertz CT molecular complexity index is 1270. The average Bonchev–Trinajstić information content (AvgIpc) is 3.16. The van der Waals surface area contributed by atoms with Crippen molar-refractivity contribution < 1.29 is 33.4 Å². The molecule has 0 aliphatic heterocycles. The summed E-state index contributed by atoms with van der Waals surface area (Å²) in [5.74, 6) is -1.87. The largest absolute Gasteiger partial charge is 0.482 e. The van der Waals surface area contributed by atoms with Gasteiger partial charge in [0.25, 0.3) is 11.8 Å². The van der Waals surface area contributed by atoms with E-state index >= 15 is 0 Å². The molecule has 0 unspecified atom stereocenters. The first-order chi connectivity index (χ1) is 16.7. The van der Waals surface area contributed by atoms with Crippen molar-refractivity contribution in [1.29, 1.82) is 0 Å². The Hall–Kier alpha value is -3.92. The first kappa shape index (κ1) is 25.7. The zero-order valence-electron chi connectivity index (χ0n) is 19.9. The number of carbonyl (C=O) groups is 4. The fourth-order valence-corrected chi connectivity index (χ4v) is 4.44. The lowest BCUT2D eigenvalue weighted by Gasteiger charge is -2.09. The van der Waals surface area contributed by atoms with Gasteiger partial charge in [0.1, 0.15) is 10.8 Å². The molecule has 3 aromatic rings. The summed E-state index contributed by atoms with van der Waals surface area (Å²) in [5, 5.41) is 4.70. The summed E-state index contributed by atoms with van der Waals surface area (Å²) in [6, 6.07) is 13.2. The van der Waals surface area contributed by atoms with E-state index in [2.05, 4.69) is 5.32 Å². The van der Waals surface area contributed by atoms with Gasteiger partial charge in [0.15, 0.2) is 13.2 Å². The number of anilines is 1. The van der Waals surface area contributed by atoms with E-state index in [1.165, 1.54) is 4.90 Å². The molecule has 9 nitrogen and oxygen atoms in total. The summed E-state index contributed by atoms with van der Waals surface area (Å²) in [5.41, 5.74) is 0.504. The molecule has 0 aliphatic carbocycles. The van der Waals surface area contributed by atoms with E-state index in [4.69, 9.17) is 14.2 Å². The molecule has 0 radical (unpaired) electrons. The number of esters is 2. The predicted molar refractivity (Wildman–Crippen MR) is 132 cm³/mol. The van der Waals surface area contributed by atoms with E-state index in [0.29, 0.717) is 16.2 Å². The molecular weight excluding hydrogens is 472 g/mol. The average molecular weight is 499 g/mol. The van der Waals surface area contributed by atoms with Crippen LogP contribution < -0.4 is 10.1 Å². The highest BCUT2D eigenvalue weighted by Crippen LogP contribution is 2.34. The van der Waals surface area contributed by atoms with Crippen LogP contribution in [0.3, 0.4) is 0 Å². The van der Waals surface area contributed by atoms with Crippen molar-refractivity contribution >= 4 is 50.9 Å². The van der Waals surface area contributed by atoms with Crippen molar-refractivity contribution in [2.45, 2.75) is 13.8 Å². The first-order valence-electron chi connectivity index (χ1n) is 10.8. The molecule has 1 aromatic heterocycles. The van der Waals surface area contributed by atoms with Crippen LogP contribution in [0.15, 0.2) is 42.5 Å². The molecule has 3 rings (SSSR count). The third-order valence-corrected chi connectivity index (χ3v) is 6.12. The second-order valence-electron chi connectivity index (χ2n) is 7.69. The zero-order chi connectivity index (χ0) is 25.5. The molecule has 184 valence electrons. The molecule has 0 saturated heterocycles. The second-order valence-corrected chi connectivity index (χ2v) is 8.71. The monoisotopic (exact) mass is 498 g/mol. The van der Waals surface area contributed by atoms with E-state index in [-0.39, 0.29) is 29.7 Å². The van der Waals surface area contributed by atoms with Gasteiger partial charge in [-0.05, 0) is 42.3 Å². The number of ether oxygens (including phenoxy) is 3. The van der Waals surface area contributed by atoms with E-state index in [0.717, 1.165) is 22.1 Å². The van der Waals surface area contributed by atoms with Gasteiger partial charge in [-0.3, -0.25) is 9.59 Å². The molecule has 0 saturated carbocycles. The molecule has 2 aromatic carbocycles. The predicted octanol–water partition coefficient (Wildman–Crippen LogP) is 3.65. The van der Waals surface area contributed by atoms with E-state index in [9.17, 15) is 19.2 Å². The van der Waals surface area contributed by atoms with Gasteiger partial charge in [0, 0.05) is 14.1 Å². The van der Waals surface area contributed by atoms with Crippen LogP contribution in [0.25, 0.3) is 10.8 Å². The number of nitrogens with one attached hydrogen (secondary N) is 1. The second kappa shape index (κ2) is 11.5. The van der Waals surface area contributed by atoms with Gasteiger partial charge in [-0.15, -0.1) is 11.3 Å². The van der Waals surface area contributed by atoms with Gasteiger partial charge in [-0.25, -0.2) is 9.59 Å². The molecule has 35 heavy (non-hydrogen) atoms. The minimum Gasteiger partial charge on any atom is -0.482 e. The Kier molecular flexibility index (Phi) is 8.43. The summed E-state index contributed by atoms with van der Waals surface area (Å²) in [4.78, 5) is 51.1. The van der Waals surface area contributed by atoms with Gasteiger partial charge >= 0.3 is 11.9 Å². The number of benzene rings is 2. The third-order valence-electron chi connectivity index (χ3n) is 4.92. The van der Waals surface area contributed by atoms with Gasteiger partial charge in [0.05, 0.1) is 17.0 Å². The standard InChI is InChI=1S/C25H26N2O7S/c1-5-32-25(31)21-15(2)22(24(30)27(3)4)35-23(21)26-19(28)13-34-20(29)14-33-18-11-10-16-8-6-7-9-17(16)12-18/h6-12H,5,13-14H2,1-4H3,(H,26,28). The third kappa shape index (κ3) is 6.36. The topological polar surface area (TPSA) is 111 Å². The lowest BCUT2D eigenvalue weighted by molar-refractivity contribution is -0.149. The van der Waals surface area contributed by atoms with Crippen molar-refractivity contribution in [3.05, 3.63) is 58.5 Å². The number of fused-ring (bicyclic) bond motifs is 1. The Balaban J connectivity index is 1.60. The molecule has 0 aliphatic rings. The molecule has 0 atom stereocenters. The molecular formula is C25H26N2O7S. The van der Waals surface area contributed by atoms with Crippen LogP contribution in [0, 0.1) is 6.92 Å². The SMILES string of the molecule is CCOC(=O)c1c(NC(=O)COC(=O)COc2ccc3ccccc3c2)sc(C(=O)N(C)C)c1C. The highest BCUT2D eigenvalue weighted by molar-refractivity contribution is 7.18. The lowest BCUT2D eigenvalue weighted by Crippen LogP contribution is -2.24. The van der Waals surface area contributed by atoms with Crippen LogP contribution in [0.1, 0.15) is 32.5 Å². The lowest BCUT2D eigenvalue weighted by atomic mass is 10.1. The summed E-state index contributed by atoms with van der Waals surface area (Å²) in [6.07, 6.45) is 0. The highest BCUT2D eigenvalue weighted by Gasteiger charge is 2.27. The van der Waals surface area contributed by atoms with Crippen molar-refractivity contribution in [3.63, 3.8) is 0 Å². The fraction of sp³-hybridized carbons (Fsp3) is 0.280. The number of thiophene rings is 1. The molecule has 1 N–H and O–H groups in total. The maximum Gasteiger partial charge on any atom is 0.344 e. The smallest absolute Gasteiger partial charge is 0.344 e. The van der Waals surface area contributed by atoms with Crippen LogP contribution in [0.4, 0.5) is 5.00 Å².